The summed E-state index contributed by atoms with van der Waals surface area (Å²) in [5, 5.41) is 7.45. The van der Waals surface area contributed by atoms with Crippen molar-refractivity contribution >= 4 is 15.9 Å². The maximum atomic E-state index is 12.6. The van der Waals surface area contributed by atoms with Gasteiger partial charge in [-0.25, -0.2) is 0 Å². The third kappa shape index (κ3) is 2.55. The van der Waals surface area contributed by atoms with E-state index in [-0.39, 0.29) is 11.5 Å². The molecule has 0 aliphatic carbocycles. The van der Waals surface area contributed by atoms with Crippen LogP contribution in [0.1, 0.15) is 18.4 Å². The highest BCUT2D eigenvalue weighted by Crippen LogP contribution is 2.35. The third-order valence-electron chi connectivity index (χ3n) is 2.29. The number of rotatable bonds is 2. The number of hydrogen-bond donors (Lipinski definition) is 0. The Hall–Kier alpha value is -1.37. The van der Waals surface area contributed by atoms with Crippen LogP contribution in [0.2, 0.25) is 0 Å². The third-order valence-corrected chi connectivity index (χ3v) is 2.98. The van der Waals surface area contributed by atoms with Gasteiger partial charge in [0.1, 0.15) is 0 Å². The van der Waals surface area contributed by atoms with E-state index in [1.54, 1.807) is 0 Å². The normalized spacial score (nSPS) is 11.8. The van der Waals surface area contributed by atoms with Crippen LogP contribution < -0.4 is 0 Å². The van der Waals surface area contributed by atoms with Crippen LogP contribution in [-0.2, 0) is 12.6 Å². The average molecular weight is 321 g/mol. The average Bonchev–Trinajstić information content (AvgIpc) is 2.76. The van der Waals surface area contributed by atoms with Crippen molar-refractivity contribution in [1.29, 1.82) is 0 Å². The Bertz CT molecular complexity index is 566. The summed E-state index contributed by atoms with van der Waals surface area (Å²) >= 11 is 3.17. The fraction of sp³-hybridized carbons (Fsp3) is 0.273. The molecule has 1 aromatic heterocycles. The number of benzene rings is 1. The Kier molecular flexibility index (Phi) is 3.43. The van der Waals surface area contributed by atoms with E-state index in [0.717, 1.165) is 12.1 Å². The van der Waals surface area contributed by atoms with Gasteiger partial charge in [0.15, 0.2) is 0 Å². The monoisotopic (exact) mass is 320 g/mol. The predicted octanol–water partition coefficient (Wildman–Crippen LogP) is 4.08. The predicted molar refractivity (Wildman–Crippen MR) is 61.8 cm³/mol. The van der Waals surface area contributed by atoms with Gasteiger partial charge in [-0.2, -0.15) is 13.2 Å². The fourth-order valence-corrected chi connectivity index (χ4v) is 1.79. The van der Waals surface area contributed by atoms with E-state index >= 15 is 0 Å². The zero-order chi connectivity index (χ0) is 13.3. The summed E-state index contributed by atoms with van der Waals surface area (Å²) in [4.78, 5) is 0. The first-order chi connectivity index (χ1) is 8.41. The molecule has 0 saturated heterocycles. The van der Waals surface area contributed by atoms with Crippen LogP contribution >= 0.6 is 15.9 Å². The number of aromatic nitrogens is 2. The molecule has 0 aliphatic heterocycles. The molecule has 0 radical (unpaired) electrons. The summed E-state index contributed by atoms with van der Waals surface area (Å²) in [6, 6.07) is 3.29. The van der Waals surface area contributed by atoms with Crippen molar-refractivity contribution in [3.63, 3.8) is 0 Å². The second kappa shape index (κ2) is 4.72. The Labute approximate surface area is 109 Å². The highest BCUT2D eigenvalue weighted by Gasteiger charge is 2.31. The van der Waals surface area contributed by atoms with Gasteiger partial charge in [-0.15, -0.1) is 10.2 Å². The second-order valence-corrected chi connectivity index (χ2v) is 4.40. The fourth-order valence-electron chi connectivity index (χ4n) is 1.37. The van der Waals surface area contributed by atoms with Crippen LogP contribution in [0.15, 0.2) is 27.1 Å². The molecule has 1 aromatic carbocycles. The number of alkyl halides is 3. The first kappa shape index (κ1) is 13.1. The van der Waals surface area contributed by atoms with Gasteiger partial charge in [0.25, 0.3) is 0 Å². The topological polar surface area (TPSA) is 38.9 Å². The first-order valence-electron chi connectivity index (χ1n) is 5.11. The summed E-state index contributed by atoms with van der Waals surface area (Å²) in [5.41, 5.74) is -0.519. The van der Waals surface area contributed by atoms with Gasteiger partial charge in [0, 0.05) is 10.9 Å². The molecule has 1 heterocycles. The van der Waals surface area contributed by atoms with E-state index in [1.165, 1.54) is 6.07 Å². The van der Waals surface area contributed by atoms with Crippen LogP contribution in [0.5, 0.6) is 0 Å². The SMILES string of the molecule is CCc1nnc(-c2cc(C(F)(F)F)ccc2Br)o1. The van der Waals surface area contributed by atoms with Crippen molar-refractivity contribution in [1.82, 2.24) is 10.2 Å². The standard InChI is InChI=1S/C11H8BrF3N2O/c1-2-9-16-17-10(18-9)7-5-6(11(13,14)15)3-4-8(7)12/h3-5H,2H2,1H3. The zero-order valence-electron chi connectivity index (χ0n) is 9.25. The number of aryl methyl sites for hydroxylation is 1. The van der Waals surface area contributed by atoms with Crippen molar-refractivity contribution in [2.24, 2.45) is 0 Å². The van der Waals surface area contributed by atoms with Crippen molar-refractivity contribution in [2.75, 3.05) is 0 Å². The molecule has 3 nitrogen and oxygen atoms in total. The summed E-state index contributed by atoms with van der Waals surface area (Å²) < 4.78 is 43.5. The minimum absolute atomic E-state index is 0.0739. The maximum absolute atomic E-state index is 12.6. The smallest absolute Gasteiger partial charge is 0.416 e. The molecule has 2 aromatic rings. The van der Waals surface area contributed by atoms with Crippen molar-refractivity contribution in [3.8, 4) is 11.5 Å². The lowest BCUT2D eigenvalue weighted by atomic mass is 10.1. The van der Waals surface area contributed by atoms with Crippen LogP contribution in [-0.4, -0.2) is 10.2 Å². The van der Waals surface area contributed by atoms with Gasteiger partial charge in [0.05, 0.1) is 11.1 Å². The number of nitrogens with zero attached hydrogens (tertiary/aromatic N) is 2. The molecule has 0 N–H and O–H groups in total. The van der Waals surface area contributed by atoms with Crippen LogP contribution in [0.4, 0.5) is 13.2 Å². The summed E-state index contributed by atoms with van der Waals surface area (Å²) in [6.45, 7) is 1.82. The first-order valence-corrected chi connectivity index (χ1v) is 5.90. The second-order valence-electron chi connectivity index (χ2n) is 3.55. The molecule has 0 fully saturated rings. The van der Waals surface area contributed by atoms with Gasteiger partial charge in [-0.1, -0.05) is 6.92 Å². The minimum Gasteiger partial charge on any atom is -0.421 e. The van der Waals surface area contributed by atoms with Crippen LogP contribution in [0, 0.1) is 0 Å². The molecule has 0 atom stereocenters. The van der Waals surface area contributed by atoms with Gasteiger partial charge in [0.2, 0.25) is 11.8 Å². The van der Waals surface area contributed by atoms with E-state index in [0.29, 0.717) is 16.8 Å². The molecule has 18 heavy (non-hydrogen) atoms. The molecule has 2 rings (SSSR count). The Morgan fingerprint density at radius 3 is 2.56 bits per heavy atom. The molecular formula is C11H8BrF3N2O. The van der Waals surface area contributed by atoms with E-state index in [9.17, 15) is 13.2 Å². The van der Waals surface area contributed by atoms with E-state index < -0.39 is 11.7 Å². The quantitative estimate of drug-likeness (QED) is 0.836. The Morgan fingerprint density at radius 2 is 2.00 bits per heavy atom. The zero-order valence-corrected chi connectivity index (χ0v) is 10.8. The van der Waals surface area contributed by atoms with Gasteiger partial charge in [-0.05, 0) is 34.1 Å². The lowest BCUT2D eigenvalue weighted by Crippen LogP contribution is -2.04. The molecule has 96 valence electrons. The molecular weight excluding hydrogens is 313 g/mol. The van der Waals surface area contributed by atoms with E-state index in [1.807, 2.05) is 6.92 Å². The number of hydrogen-bond acceptors (Lipinski definition) is 3. The van der Waals surface area contributed by atoms with Crippen LogP contribution in [0.25, 0.3) is 11.5 Å². The largest absolute Gasteiger partial charge is 0.421 e. The maximum Gasteiger partial charge on any atom is 0.416 e. The van der Waals surface area contributed by atoms with E-state index in [4.69, 9.17) is 4.42 Å². The molecule has 0 aliphatic rings. The van der Waals surface area contributed by atoms with Gasteiger partial charge in [-0.3, -0.25) is 0 Å². The summed E-state index contributed by atoms with van der Waals surface area (Å²) in [5.74, 6) is 0.458. The van der Waals surface area contributed by atoms with Crippen LogP contribution in [0.3, 0.4) is 0 Å². The van der Waals surface area contributed by atoms with Crippen molar-refractivity contribution in [3.05, 3.63) is 34.1 Å². The molecule has 0 spiro atoms. The summed E-state index contributed by atoms with van der Waals surface area (Å²) in [6.07, 6.45) is -3.87. The number of halogens is 4. The molecule has 0 amide bonds. The van der Waals surface area contributed by atoms with Gasteiger partial charge >= 0.3 is 6.18 Å². The Balaban J connectivity index is 2.49. The van der Waals surface area contributed by atoms with Crippen molar-refractivity contribution in [2.45, 2.75) is 19.5 Å². The van der Waals surface area contributed by atoms with E-state index in [2.05, 4.69) is 26.1 Å². The lowest BCUT2D eigenvalue weighted by molar-refractivity contribution is -0.137. The lowest BCUT2D eigenvalue weighted by Gasteiger charge is -2.08. The van der Waals surface area contributed by atoms with Gasteiger partial charge < -0.3 is 4.42 Å². The molecule has 0 bridgehead atoms. The highest BCUT2D eigenvalue weighted by molar-refractivity contribution is 9.10. The molecule has 0 unspecified atom stereocenters. The molecule has 0 saturated carbocycles. The summed E-state index contributed by atoms with van der Waals surface area (Å²) in [7, 11) is 0. The molecule has 7 heteroatoms. The Morgan fingerprint density at radius 1 is 1.28 bits per heavy atom. The van der Waals surface area contributed by atoms with Crippen molar-refractivity contribution < 1.29 is 17.6 Å². The highest BCUT2D eigenvalue weighted by atomic mass is 79.9. The minimum atomic E-state index is -4.40.